The average Bonchev–Trinajstić information content (AvgIpc) is 0. The molecule has 0 bridgehead atoms. The molecule has 0 N–H and O–H groups in total. The summed E-state index contributed by atoms with van der Waals surface area (Å²) in [6.07, 6.45) is 0. The summed E-state index contributed by atoms with van der Waals surface area (Å²) in [5, 5.41) is 0. The Balaban J connectivity index is 0. The summed E-state index contributed by atoms with van der Waals surface area (Å²) in [4.78, 5) is 0. The van der Waals surface area contributed by atoms with E-state index in [1.54, 1.807) is 0 Å². The Morgan fingerprint density at radius 1 is 1.00 bits per heavy atom. The van der Waals surface area contributed by atoms with Crippen molar-refractivity contribution in [1.82, 2.24) is 0 Å². The molecule has 0 unspecified atom stereocenters. The zero-order valence-corrected chi connectivity index (χ0v) is 0. The van der Waals surface area contributed by atoms with Crippen LogP contribution >= 0.6 is 0 Å². The van der Waals surface area contributed by atoms with Crippen molar-refractivity contribution in [1.29, 1.82) is 0 Å². The third kappa shape index (κ3) is 9.20. The summed E-state index contributed by atoms with van der Waals surface area (Å²) < 4.78 is 0. The topological polar surface area (TPSA) is 0 Å². The minimum atomic E-state index is 0. The molecular formula is H10AlBLi2. The molecule has 0 aromatic carbocycles. The molecule has 0 nitrogen and oxygen atoms in total. The molecule has 4 heavy (non-hydrogen) atoms. The average molecular weight is 61.8 g/mol. The maximum atomic E-state index is 0. The van der Waals surface area contributed by atoms with E-state index in [1.165, 1.54) is 0 Å². The zero-order chi connectivity index (χ0) is 0. The number of rotatable bonds is 0. The molecule has 18 valence electrons. The molecule has 0 aromatic rings. The molecule has 0 amide bonds. The standard InChI is InChI=1S/Al.BH3.2Li.H2.5H/h;1H3;;;1H;;;;;. The van der Waals surface area contributed by atoms with E-state index in [2.05, 4.69) is 0 Å². The van der Waals surface area contributed by atoms with Crippen LogP contribution in [0.1, 0.15) is 1.43 Å². The first-order valence-corrected chi connectivity index (χ1v) is 0. The predicted molar refractivity (Wildman–Crippen MR) is 36.3 cm³/mol. The van der Waals surface area contributed by atoms with E-state index >= 15 is 0 Å². The first kappa shape index (κ1) is 41.4. The van der Waals surface area contributed by atoms with E-state index in [1.807, 2.05) is 0 Å². The second-order valence-electron chi connectivity index (χ2n) is 0. The van der Waals surface area contributed by atoms with Gasteiger partial charge in [0.05, 0.1) is 8.41 Å². The van der Waals surface area contributed by atoms with E-state index in [0.717, 1.165) is 0 Å². The van der Waals surface area contributed by atoms with Crippen LogP contribution in [0.3, 0.4) is 0 Å². The fourth-order valence-corrected chi connectivity index (χ4v) is 0. The Hall–Kier alpha value is 1.79. The molecule has 0 heterocycles. The van der Waals surface area contributed by atoms with Crippen LogP contribution in [0.25, 0.3) is 0 Å². The molecule has 0 saturated carbocycles. The second kappa shape index (κ2) is 21.5. The van der Waals surface area contributed by atoms with Gasteiger partial charge in [-0.25, -0.2) is 0 Å². The molecular weight excluding hydrogens is 51.7 g/mol. The van der Waals surface area contributed by atoms with E-state index in [4.69, 9.17) is 0 Å². The van der Waals surface area contributed by atoms with Gasteiger partial charge in [-0.15, -0.1) is 0 Å². The van der Waals surface area contributed by atoms with Crippen LogP contribution in [0.2, 0.25) is 0 Å². The van der Waals surface area contributed by atoms with Gasteiger partial charge in [-0.05, 0) is 0 Å². The van der Waals surface area contributed by atoms with E-state index in [-0.39, 0.29) is 64.9 Å². The summed E-state index contributed by atoms with van der Waals surface area (Å²) in [5.74, 6) is 0. The number of hydrogen-bond acceptors (Lipinski definition) is 0. The van der Waals surface area contributed by atoms with Gasteiger partial charge >= 0.3 is 37.7 Å². The molecule has 0 aliphatic carbocycles. The van der Waals surface area contributed by atoms with Gasteiger partial charge in [0, 0.05) is 1.43 Å². The summed E-state index contributed by atoms with van der Waals surface area (Å²) in [5.41, 5.74) is 0. The van der Waals surface area contributed by atoms with Crippen molar-refractivity contribution in [2.75, 3.05) is 0 Å². The monoisotopic (exact) mass is 62.1 g/mol. The third-order valence-corrected chi connectivity index (χ3v) is 0. The Morgan fingerprint density at radius 2 is 1.00 bits per heavy atom. The maximum absolute atomic E-state index is 0. The van der Waals surface area contributed by atoms with Crippen LogP contribution in [0.4, 0.5) is 0 Å². The summed E-state index contributed by atoms with van der Waals surface area (Å²) >= 11 is 0. The summed E-state index contributed by atoms with van der Waals surface area (Å²) in [7, 11) is 0. The third-order valence-electron chi connectivity index (χ3n) is 0. The molecule has 0 radical (unpaired) electrons. The molecule has 0 aliphatic heterocycles. The van der Waals surface area contributed by atoms with E-state index < -0.39 is 0 Å². The second-order valence-corrected chi connectivity index (χ2v) is 0. The fourth-order valence-electron chi connectivity index (χ4n) is 0. The number of hydrogen-bond donors (Lipinski definition) is 0. The van der Waals surface area contributed by atoms with Gasteiger partial charge in [0.1, 0.15) is 0 Å². The molecule has 0 rings (SSSR count). The summed E-state index contributed by atoms with van der Waals surface area (Å²) in [6, 6.07) is 0. The predicted octanol–water partition coefficient (Wildman–Crippen LogP) is -3.42. The quantitative estimate of drug-likeness (QED) is 0.256. The van der Waals surface area contributed by atoms with Crippen LogP contribution in [-0.2, 0) is 0 Å². The SMILES string of the molecule is B.[AlH3].[HH].[LiH].[LiH]. The minimum absolute atomic E-state index is 0. The van der Waals surface area contributed by atoms with Gasteiger partial charge in [0.25, 0.3) is 0 Å². The molecule has 0 saturated heterocycles. The molecule has 0 aliphatic rings. The molecule has 0 spiro atoms. The van der Waals surface area contributed by atoms with Gasteiger partial charge in [0.2, 0.25) is 0 Å². The Labute approximate surface area is 64.6 Å². The van der Waals surface area contributed by atoms with Crippen molar-refractivity contribution in [2.24, 2.45) is 0 Å². The van der Waals surface area contributed by atoms with Gasteiger partial charge in [-0.1, -0.05) is 0 Å². The Morgan fingerprint density at radius 3 is 1.00 bits per heavy atom. The fraction of sp³-hybridized carbons (Fsp3) is 0. The van der Waals surface area contributed by atoms with Crippen LogP contribution in [0, 0.1) is 0 Å². The van der Waals surface area contributed by atoms with Crippen molar-refractivity contribution in [3.63, 3.8) is 0 Å². The van der Waals surface area contributed by atoms with Gasteiger partial charge in [0.15, 0.2) is 17.4 Å². The summed E-state index contributed by atoms with van der Waals surface area (Å²) in [6.45, 7) is 0. The molecule has 0 atom stereocenters. The first-order valence-electron chi connectivity index (χ1n) is 0. The zero-order valence-electron chi connectivity index (χ0n) is 0. The van der Waals surface area contributed by atoms with Crippen LogP contribution in [0.5, 0.6) is 0 Å². The normalized spacial score (nSPS) is 0. The van der Waals surface area contributed by atoms with Crippen molar-refractivity contribution in [3.05, 3.63) is 0 Å². The van der Waals surface area contributed by atoms with E-state index in [0.29, 0.717) is 0 Å². The first-order chi connectivity index (χ1) is 0. The van der Waals surface area contributed by atoms with Gasteiger partial charge in [-0.3, -0.25) is 0 Å². The van der Waals surface area contributed by atoms with Crippen LogP contribution in [0.15, 0.2) is 0 Å². The van der Waals surface area contributed by atoms with Crippen molar-refractivity contribution in [3.8, 4) is 0 Å². The molecule has 0 fully saturated rings. The van der Waals surface area contributed by atoms with Crippen LogP contribution in [-0.4, -0.2) is 63.5 Å². The van der Waals surface area contributed by atoms with Gasteiger partial charge in [-0.2, -0.15) is 0 Å². The van der Waals surface area contributed by atoms with Crippen molar-refractivity contribution in [2.45, 2.75) is 0 Å². The van der Waals surface area contributed by atoms with Crippen molar-refractivity contribution >= 4 is 63.5 Å². The van der Waals surface area contributed by atoms with E-state index in [9.17, 15) is 0 Å². The Kier molecular flexibility index (Phi) is 222. The van der Waals surface area contributed by atoms with Crippen LogP contribution < -0.4 is 0 Å². The van der Waals surface area contributed by atoms with Crippen molar-refractivity contribution < 1.29 is 1.43 Å². The van der Waals surface area contributed by atoms with Gasteiger partial charge < -0.3 is 0 Å². The molecule has 4 heteroatoms. The molecule has 0 aromatic heterocycles. The Bertz CT molecular complexity index is 9.61.